The normalized spacial score (nSPS) is 16.6. The van der Waals surface area contributed by atoms with Gasteiger partial charge in [0.15, 0.2) is 12.2 Å². The van der Waals surface area contributed by atoms with E-state index in [-0.39, 0.29) is 11.8 Å². The topological polar surface area (TPSA) is 64.4 Å². The first kappa shape index (κ1) is 11.5. The highest BCUT2D eigenvalue weighted by atomic mass is 16.5. The number of hydrogen-bond donors (Lipinski definition) is 1. The van der Waals surface area contributed by atoms with E-state index in [1.807, 2.05) is 12.1 Å². The fourth-order valence-corrected chi connectivity index (χ4v) is 2.50. The summed E-state index contributed by atoms with van der Waals surface area (Å²) in [6.07, 6.45) is 5.89. The van der Waals surface area contributed by atoms with Gasteiger partial charge in [-0.2, -0.15) is 0 Å². The number of amides is 1. The van der Waals surface area contributed by atoms with Crippen molar-refractivity contribution in [2.75, 3.05) is 11.9 Å². The van der Waals surface area contributed by atoms with E-state index in [4.69, 9.17) is 9.15 Å². The molecule has 1 saturated carbocycles. The molecule has 1 amide bonds. The Morgan fingerprint density at radius 1 is 1.35 bits per heavy atom. The highest BCUT2D eigenvalue weighted by Gasteiger charge is 2.30. The summed E-state index contributed by atoms with van der Waals surface area (Å²) in [5, 5.41) is 2.98. The fourth-order valence-electron chi connectivity index (χ4n) is 2.50. The molecule has 1 aliphatic carbocycles. The van der Waals surface area contributed by atoms with Gasteiger partial charge in [0.1, 0.15) is 5.75 Å². The minimum Gasteiger partial charge on any atom is -0.492 e. The number of carbonyl (C=O) groups is 1. The third kappa shape index (κ3) is 1.95. The average molecular weight is 270 g/mol. The lowest BCUT2D eigenvalue weighted by Gasteiger charge is -2.10. The Bertz CT molecular complexity index is 660. The number of rotatable bonds is 3. The number of fused-ring (bicyclic) bond motifs is 1. The summed E-state index contributed by atoms with van der Waals surface area (Å²) in [5.74, 6) is 1.79. The molecule has 2 aromatic rings. The SMILES string of the molecule is O=C(Nc1cc2c(c(-c3cnco3)c1)OCC2)C1CC1. The molecule has 2 aliphatic rings. The number of carbonyl (C=O) groups excluding carboxylic acids is 1. The Morgan fingerprint density at radius 3 is 3.00 bits per heavy atom. The van der Waals surface area contributed by atoms with Crippen LogP contribution in [-0.2, 0) is 11.2 Å². The van der Waals surface area contributed by atoms with E-state index in [1.54, 1.807) is 6.20 Å². The molecule has 4 rings (SSSR count). The van der Waals surface area contributed by atoms with E-state index in [0.717, 1.165) is 41.8 Å². The number of ether oxygens (including phenoxy) is 1. The third-order valence-electron chi connectivity index (χ3n) is 3.70. The molecule has 0 saturated heterocycles. The number of hydrogen-bond acceptors (Lipinski definition) is 4. The van der Waals surface area contributed by atoms with E-state index in [0.29, 0.717) is 12.4 Å². The smallest absolute Gasteiger partial charge is 0.227 e. The molecule has 0 bridgehead atoms. The minimum atomic E-state index is 0.104. The maximum atomic E-state index is 11.9. The number of oxazole rings is 1. The molecule has 0 unspecified atom stereocenters. The molecule has 20 heavy (non-hydrogen) atoms. The summed E-state index contributed by atoms with van der Waals surface area (Å²) in [5.41, 5.74) is 2.76. The maximum absolute atomic E-state index is 11.9. The van der Waals surface area contributed by atoms with Crippen LogP contribution in [0.3, 0.4) is 0 Å². The van der Waals surface area contributed by atoms with Crippen LogP contribution in [0, 0.1) is 5.92 Å². The molecule has 5 heteroatoms. The van der Waals surface area contributed by atoms with Gasteiger partial charge in [-0.25, -0.2) is 4.98 Å². The van der Waals surface area contributed by atoms with Crippen molar-refractivity contribution < 1.29 is 13.9 Å². The summed E-state index contributed by atoms with van der Waals surface area (Å²) < 4.78 is 11.0. The van der Waals surface area contributed by atoms with Gasteiger partial charge in [-0.15, -0.1) is 0 Å². The number of benzene rings is 1. The summed E-state index contributed by atoms with van der Waals surface area (Å²) in [6, 6.07) is 3.88. The molecule has 102 valence electrons. The van der Waals surface area contributed by atoms with Crippen LogP contribution in [0.2, 0.25) is 0 Å². The molecule has 1 N–H and O–H groups in total. The van der Waals surface area contributed by atoms with E-state index in [2.05, 4.69) is 10.3 Å². The molecule has 1 fully saturated rings. The molecule has 1 aromatic heterocycles. The lowest BCUT2D eigenvalue weighted by molar-refractivity contribution is -0.117. The van der Waals surface area contributed by atoms with Gasteiger partial charge in [-0.3, -0.25) is 4.79 Å². The van der Waals surface area contributed by atoms with Gasteiger partial charge in [-0.1, -0.05) is 0 Å². The molecule has 0 radical (unpaired) electrons. The van der Waals surface area contributed by atoms with Crippen LogP contribution in [0.25, 0.3) is 11.3 Å². The first-order valence-electron chi connectivity index (χ1n) is 6.81. The lowest BCUT2D eigenvalue weighted by Crippen LogP contribution is -2.13. The highest BCUT2D eigenvalue weighted by Crippen LogP contribution is 2.40. The van der Waals surface area contributed by atoms with Crippen molar-refractivity contribution in [2.24, 2.45) is 5.92 Å². The molecule has 1 aromatic carbocycles. The molecule has 2 heterocycles. The Morgan fingerprint density at radius 2 is 2.25 bits per heavy atom. The first-order valence-corrected chi connectivity index (χ1v) is 6.81. The second-order valence-electron chi connectivity index (χ2n) is 5.24. The Balaban J connectivity index is 1.73. The predicted molar refractivity (Wildman–Crippen MR) is 72.5 cm³/mol. The van der Waals surface area contributed by atoms with Gasteiger partial charge in [0.2, 0.25) is 5.91 Å². The lowest BCUT2D eigenvalue weighted by atomic mass is 10.0. The number of nitrogens with one attached hydrogen (secondary N) is 1. The van der Waals surface area contributed by atoms with Crippen LogP contribution < -0.4 is 10.1 Å². The van der Waals surface area contributed by atoms with Gasteiger partial charge >= 0.3 is 0 Å². The molecular formula is C15H14N2O3. The monoisotopic (exact) mass is 270 g/mol. The van der Waals surface area contributed by atoms with Gasteiger partial charge < -0.3 is 14.5 Å². The van der Waals surface area contributed by atoms with Crippen molar-refractivity contribution in [3.8, 4) is 17.1 Å². The summed E-state index contributed by atoms with van der Waals surface area (Å²) in [7, 11) is 0. The molecule has 0 atom stereocenters. The Labute approximate surface area is 116 Å². The summed E-state index contributed by atoms with van der Waals surface area (Å²) in [6.45, 7) is 0.663. The Kier molecular flexibility index (Phi) is 2.52. The van der Waals surface area contributed by atoms with E-state index in [9.17, 15) is 4.79 Å². The van der Waals surface area contributed by atoms with Crippen molar-refractivity contribution in [1.29, 1.82) is 0 Å². The van der Waals surface area contributed by atoms with Crippen molar-refractivity contribution in [3.63, 3.8) is 0 Å². The van der Waals surface area contributed by atoms with Crippen LogP contribution >= 0.6 is 0 Å². The number of aromatic nitrogens is 1. The van der Waals surface area contributed by atoms with E-state index < -0.39 is 0 Å². The van der Waals surface area contributed by atoms with Crippen molar-refractivity contribution in [2.45, 2.75) is 19.3 Å². The zero-order valence-electron chi connectivity index (χ0n) is 10.9. The summed E-state index contributed by atoms with van der Waals surface area (Å²) in [4.78, 5) is 15.8. The van der Waals surface area contributed by atoms with Crippen LogP contribution in [0.1, 0.15) is 18.4 Å². The standard InChI is InChI=1S/C15H14N2O3/c18-15(9-1-2-9)17-11-5-10-3-4-19-14(10)12(6-11)13-7-16-8-20-13/h5-9H,1-4H2,(H,17,18). The van der Waals surface area contributed by atoms with Crippen LogP contribution in [0.5, 0.6) is 5.75 Å². The van der Waals surface area contributed by atoms with E-state index in [1.165, 1.54) is 6.39 Å². The average Bonchev–Trinajstić information content (AvgIpc) is 2.97. The quantitative estimate of drug-likeness (QED) is 0.931. The van der Waals surface area contributed by atoms with Crippen molar-refractivity contribution in [1.82, 2.24) is 4.98 Å². The zero-order chi connectivity index (χ0) is 13.5. The molecular weight excluding hydrogens is 256 g/mol. The fraction of sp³-hybridized carbons (Fsp3) is 0.333. The maximum Gasteiger partial charge on any atom is 0.227 e. The van der Waals surface area contributed by atoms with Crippen LogP contribution in [-0.4, -0.2) is 17.5 Å². The minimum absolute atomic E-state index is 0.104. The molecule has 1 aliphatic heterocycles. The molecule has 5 nitrogen and oxygen atoms in total. The van der Waals surface area contributed by atoms with Gasteiger partial charge in [0.05, 0.1) is 18.4 Å². The van der Waals surface area contributed by atoms with Gasteiger partial charge in [-0.05, 0) is 25.0 Å². The largest absolute Gasteiger partial charge is 0.492 e. The second-order valence-corrected chi connectivity index (χ2v) is 5.24. The van der Waals surface area contributed by atoms with Crippen molar-refractivity contribution >= 4 is 11.6 Å². The second kappa shape index (κ2) is 4.37. The Hall–Kier alpha value is -2.30. The zero-order valence-corrected chi connectivity index (χ0v) is 10.9. The van der Waals surface area contributed by atoms with Crippen LogP contribution in [0.15, 0.2) is 29.1 Å². The third-order valence-corrected chi connectivity index (χ3v) is 3.70. The number of anilines is 1. The predicted octanol–water partition coefficient (Wildman–Crippen LogP) is 2.63. The molecule has 0 spiro atoms. The summed E-state index contributed by atoms with van der Waals surface area (Å²) >= 11 is 0. The van der Waals surface area contributed by atoms with Crippen LogP contribution in [0.4, 0.5) is 5.69 Å². The first-order chi connectivity index (χ1) is 9.81. The van der Waals surface area contributed by atoms with Gasteiger partial charge in [0, 0.05) is 23.6 Å². The van der Waals surface area contributed by atoms with E-state index >= 15 is 0 Å². The van der Waals surface area contributed by atoms with Crippen molar-refractivity contribution in [3.05, 3.63) is 30.3 Å². The van der Waals surface area contributed by atoms with Gasteiger partial charge in [0.25, 0.3) is 0 Å². The highest BCUT2D eigenvalue weighted by molar-refractivity contribution is 5.95. The number of nitrogens with zero attached hydrogens (tertiary/aromatic N) is 1.